The Morgan fingerprint density at radius 2 is 2.19 bits per heavy atom. The van der Waals surface area contributed by atoms with Crippen LogP contribution in [0.15, 0.2) is 34.9 Å². The number of rotatable bonds is 3. The standard InChI is InChI=1S/C12H14BrN3/c1-9-11(13)4-3-5-12(9)14-8-10-6-7-16(2)15-10/h3-7,14H,8H2,1-2H3. The van der Waals surface area contributed by atoms with Gasteiger partial charge in [-0.15, -0.1) is 0 Å². The summed E-state index contributed by atoms with van der Waals surface area (Å²) in [5, 5.41) is 7.70. The predicted octanol–water partition coefficient (Wildman–Crippen LogP) is 3.10. The number of benzene rings is 1. The van der Waals surface area contributed by atoms with Crippen molar-refractivity contribution in [1.82, 2.24) is 9.78 Å². The van der Waals surface area contributed by atoms with E-state index in [4.69, 9.17) is 0 Å². The molecule has 0 spiro atoms. The molecule has 1 N–H and O–H groups in total. The number of hydrogen-bond donors (Lipinski definition) is 1. The van der Waals surface area contributed by atoms with E-state index in [0.717, 1.165) is 22.4 Å². The van der Waals surface area contributed by atoms with Crippen LogP contribution in [0.2, 0.25) is 0 Å². The van der Waals surface area contributed by atoms with E-state index in [9.17, 15) is 0 Å². The lowest BCUT2D eigenvalue weighted by molar-refractivity contribution is 0.747. The molecule has 0 aliphatic carbocycles. The highest BCUT2D eigenvalue weighted by Crippen LogP contribution is 2.23. The molecule has 2 rings (SSSR count). The van der Waals surface area contributed by atoms with Crippen molar-refractivity contribution in [2.24, 2.45) is 7.05 Å². The van der Waals surface area contributed by atoms with Gasteiger partial charge in [0.1, 0.15) is 0 Å². The quantitative estimate of drug-likeness (QED) is 0.936. The van der Waals surface area contributed by atoms with Crippen LogP contribution in [-0.4, -0.2) is 9.78 Å². The molecule has 3 nitrogen and oxygen atoms in total. The van der Waals surface area contributed by atoms with Gasteiger partial charge in [-0.1, -0.05) is 22.0 Å². The first-order valence-electron chi connectivity index (χ1n) is 5.14. The monoisotopic (exact) mass is 279 g/mol. The van der Waals surface area contributed by atoms with Crippen LogP contribution in [-0.2, 0) is 13.6 Å². The summed E-state index contributed by atoms with van der Waals surface area (Å²) in [6.07, 6.45) is 1.95. The molecule has 1 heterocycles. The van der Waals surface area contributed by atoms with Crippen molar-refractivity contribution in [2.75, 3.05) is 5.32 Å². The van der Waals surface area contributed by atoms with E-state index in [0.29, 0.717) is 0 Å². The molecule has 84 valence electrons. The van der Waals surface area contributed by atoms with Gasteiger partial charge in [0.15, 0.2) is 0 Å². The van der Waals surface area contributed by atoms with Crippen molar-refractivity contribution >= 4 is 21.6 Å². The maximum atomic E-state index is 4.32. The van der Waals surface area contributed by atoms with Crippen LogP contribution < -0.4 is 5.32 Å². The van der Waals surface area contributed by atoms with Gasteiger partial charge in [-0.25, -0.2) is 0 Å². The van der Waals surface area contributed by atoms with Gasteiger partial charge in [0.05, 0.1) is 12.2 Å². The van der Waals surface area contributed by atoms with Gasteiger partial charge in [0.2, 0.25) is 0 Å². The molecule has 0 atom stereocenters. The van der Waals surface area contributed by atoms with Gasteiger partial charge in [0.25, 0.3) is 0 Å². The molecule has 0 saturated heterocycles. The first kappa shape index (κ1) is 11.2. The number of hydrogen-bond acceptors (Lipinski definition) is 2. The van der Waals surface area contributed by atoms with Crippen molar-refractivity contribution in [3.8, 4) is 0 Å². The molecule has 4 heteroatoms. The van der Waals surface area contributed by atoms with Crippen molar-refractivity contribution in [2.45, 2.75) is 13.5 Å². The zero-order chi connectivity index (χ0) is 11.5. The van der Waals surface area contributed by atoms with Gasteiger partial charge in [-0.3, -0.25) is 4.68 Å². The predicted molar refractivity (Wildman–Crippen MR) is 69.4 cm³/mol. The summed E-state index contributed by atoms with van der Waals surface area (Å²) in [4.78, 5) is 0. The summed E-state index contributed by atoms with van der Waals surface area (Å²) >= 11 is 3.52. The number of halogens is 1. The molecular weight excluding hydrogens is 266 g/mol. The van der Waals surface area contributed by atoms with Gasteiger partial charge >= 0.3 is 0 Å². The van der Waals surface area contributed by atoms with Crippen LogP contribution in [0.3, 0.4) is 0 Å². The molecule has 1 aromatic carbocycles. The third kappa shape index (κ3) is 2.44. The minimum atomic E-state index is 0.748. The van der Waals surface area contributed by atoms with E-state index in [1.807, 2.05) is 36.1 Å². The summed E-state index contributed by atoms with van der Waals surface area (Å²) in [6, 6.07) is 8.16. The SMILES string of the molecule is Cc1c(Br)cccc1NCc1ccn(C)n1. The minimum Gasteiger partial charge on any atom is -0.379 e. The fourth-order valence-electron chi connectivity index (χ4n) is 1.54. The van der Waals surface area contributed by atoms with Crippen LogP contribution in [0, 0.1) is 6.92 Å². The highest BCUT2D eigenvalue weighted by Gasteiger charge is 2.02. The molecule has 0 aliphatic heterocycles. The first-order chi connectivity index (χ1) is 7.66. The summed E-state index contributed by atoms with van der Waals surface area (Å²) in [5.41, 5.74) is 3.40. The molecule has 0 unspecified atom stereocenters. The van der Waals surface area contributed by atoms with Gasteiger partial charge in [-0.2, -0.15) is 5.10 Å². The maximum absolute atomic E-state index is 4.32. The Kier molecular flexibility index (Phi) is 3.29. The molecule has 0 amide bonds. The van der Waals surface area contributed by atoms with E-state index >= 15 is 0 Å². The Hall–Kier alpha value is -1.29. The summed E-state index contributed by atoms with van der Waals surface area (Å²) in [5.74, 6) is 0. The van der Waals surface area contributed by atoms with Gasteiger partial charge in [0, 0.05) is 23.4 Å². The van der Waals surface area contributed by atoms with Gasteiger partial charge in [-0.05, 0) is 30.7 Å². The zero-order valence-corrected chi connectivity index (χ0v) is 11.0. The van der Waals surface area contributed by atoms with Gasteiger partial charge < -0.3 is 5.32 Å². The Morgan fingerprint density at radius 3 is 2.88 bits per heavy atom. The van der Waals surface area contributed by atoms with Crippen molar-refractivity contribution in [3.63, 3.8) is 0 Å². The van der Waals surface area contributed by atoms with Crippen LogP contribution >= 0.6 is 15.9 Å². The molecule has 0 bridgehead atoms. The van der Waals surface area contributed by atoms with Crippen molar-refractivity contribution in [1.29, 1.82) is 0 Å². The Balaban J connectivity index is 2.07. The normalized spacial score (nSPS) is 10.4. The number of anilines is 1. The molecule has 0 aliphatic rings. The van der Waals surface area contributed by atoms with Crippen LogP contribution in [0.1, 0.15) is 11.3 Å². The third-order valence-corrected chi connectivity index (χ3v) is 3.36. The molecular formula is C12H14BrN3. The lowest BCUT2D eigenvalue weighted by Crippen LogP contribution is -2.02. The van der Waals surface area contributed by atoms with E-state index < -0.39 is 0 Å². The lowest BCUT2D eigenvalue weighted by Gasteiger charge is -2.09. The zero-order valence-electron chi connectivity index (χ0n) is 9.37. The molecule has 16 heavy (non-hydrogen) atoms. The fourth-order valence-corrected chi connectivity index (χ4v) is 1.91. The van der Waals surface area contributed by atoms with Crippen LogP contribution in [0.5, 0.6) is 0 Å². The maximum Gasteiger partial charge on any atom is 0.0815 e. The molecule has 2 aromatic rings. The van der Waals surface area contributed by atoms with Crippen LogP contribution in [0.4, 0.5) is 5.69 Å². The molecule has 0 fully saturated rings. The largest absolute Gasteiger partial charge is 0.379 e. The highest BCUT2D eigenvalue weighted by molar-refractivity contribution is 9.10. The number of aromatic nitrogens is 2. The second-order valence-electron chi connectivity index (χ2n) is 3.75. The smallest absolute Gasteiger partial charge is 0.0815 e. The van der Waals surface area contributed by atoms with Crippen molar-refractivity contribution in [3.05, 3.63) is 46.2 Å². The molecule has 0 saturated carbocycles. The lowest BCUT2D eigenvalue weighted by atomic mass is 10.2. The minimum absolute atomic E-state index is 0.748. The summed E-state index contributed by atoms with van der Waals surface area (Å²) in [6.45, 7) is 2.84. The fraction of sp³-hybridized carbons (Fsp3) is 0.250. The van der Waals surface area contributed by atoms with E-state index in [-0.39, 0.29) is 0 Å². The van der Waals surface area contributed by atoms with Crippen molar-refractivity contribution < 1.29 is 0 Å². The summed E-state index contributed by atoms with van der Waals surface area (Å²) < 4.78 is 2.93. The summed E-state index contributed by atoms with van der Waals surface area (Å²) in [7, 11) is 1.92. The number of nitrogens with zero attached hydrogens (tertiary/aromatic N) is 2. The Bertz CT molecular complexity index is 491. The average Bonchev–Trinajstić information content (AvgIpc) is 2.67. The second-order valence-corrected chi connectivity index (χ2v) is 4.60. The van der Waals surface area contributed by atoms with E-state index in [1.54, 1.807) is 0 Å². The highest BCUT2D eigenvalue weighted by atomic mass is 79.9. The van der Waals surface area contributed by atoms with Crippen LogP contribution in [0.25, 0.3) is 0 Å². The number of aryl methyl sites for hydroxylation is 1. The first-order valence-corrected chi connectivity index (χ1v) is 5.93. The average molecular weight is 280 g/mol. The van der Waals surface area contributed by atoms with E-state index in [1.165, 1.54) is 5.56 Å². The number of nitrogens with one attached hydrogen (secondary N) is 1. The second kappa shape index (κ2) is 4.70. The molecule has 0 radical (unpaired) electrons. The Labute approximate surface area is 104 Å². The molecule has 1 aromatic heterocycles. The van der Waals surface area contributed by atoms with E-state index in [2.05, 4.69) is 39.3 Å². The Morgan fingerprint density at radius 1 is 1.38 bits per heavy atom. The topological polar surface area (TPSA) is 29.9 Å². The third-order valence-electron chi connectivity index (χ3n) is 2.50.